The number of pyridine rings is 2. The van der Waals surface area contributed by atoms with Crippen LogP contribution < -0.4 is 15.5 Å². The van der Waals surface area contributed by atoms with E-state index in [2.05, 4.69) is 20.6 Å². The van der Waals surface area contributed by atoms with Gasteiger partial charge in [0.2, 0.25) is 0 Å². The van der Waals surface area contributed by atoms with E-state index in [1.807, 2.05) is 49.3 Å². The SMILES string of the molecule is CN(C)c1ccc(NC(=O)c2ccc(Nc3ccncc3)cc2)nc1. The second-order valence-electron chi connectivity index (χ2n) is 5.69. The van der Waals surface area contributed by atoms with Crippen molar-refractivity contribution in [2.45, 2.75) is 0 Å². The maximum atomic E-state index is 12.3. The van der Waals surface area contributed by atoms with Gasteiger partial charge in [0.1, 0.15) is 5.82 Å². The third-order valence-electron chi connectivity index (χ3n) is 3.62. The molecule has 1 amide bonds. The van der Waals surface area contributed by atoms with Gasteiger partial charge in [0.15, 0.2) is 0 Å². The number of anilines is 4. The molecule has 2 aromatic heterocycles. The van der Waals surface area contributed by atoms with E-state index in [0.29, 0.717) is 11.4 Å². The molecule has 25 heavy (non-hydrogen) atoms. The van der Waals surface area contributed by atoms with E-state index in [0.717, 1.165) is 17.1 Å². The monoisotopic (exact) mass is 333 g/mol. The number of benzene rings is 1. The van der Waals surface area contributed by atoms with Gasteiger partial charge in [-0.3, -0.25) is 9.78 Å². The molecule has 0 bridgehead atoms. The summed E-state index contributed by atoms with van der Waals surface area (Å²) < 4.78 is 0. The lowest BCUT2D eigenvalue weighted by Gasteiger charge is -2.12. The minimum atomic E-state index is -0.194. The van der Waals surface area contributed by atoms with Gasteiger partial charge in [-0.05, 0) is 48.5 Å². The molecule has 3 rings (SSSR count). The Morgan fingerprint density at radius 3 is 2.20 bits per heavy atom. The quantitative estimate of drug-likeness (QED) is 0.747. The van der Waals surface area contributed by atoms with Crippen molar-refractivity contribution < 1.29 is 4.79 Å². The lowest BCUT2D eigenvalue weighted by Crippen LogP contribution is -2.14. The van der Waals surface area contributed by atoms with Crippen molar-refractivity contribution >= 4 is 28.8 Å². The molecule has 0 radical (unpaired) electrons. The molecular formula is C19H19N5O. The van der Waals surface area contributed by atoms with Crippen LogP contribution in [0.4, 0.5) is 22.9 Å². The van der Waals surface area contributed by atoms with Gasteiger partial charge in [-0.2, -0.15) is 0 Å². The van der Waals surface area contributed by atoms with E-state index >= 15 is 0 Å². The number of nitrogens with zero attached hydrogens (tertiary/aromatic N) is 3. The van der Waals surface area contributed by atoms with E-state index in [1.165, 1.54) is 0 Å². The second-order valence-corrected chi connectivity index (χ2v) is 5.69. The average molecular weight is 333 g/mol. The summed E-state index contributed by atoms with van der Waals surface area (Å²) in [4.78, 5) is 22.5. The minimum Gasteiger partial charge on any atom is -0.376 e. The van der Waals surface area contributed by atoms with Crippen molar-refractivity contribution in [2.75, 3.05) is 29.6 Å². The Kier molecular flexibility index (Phi) is 4.89. The Morgan fingerprint density at radius 1 is 0.920 bits per heavy atom. The zero-order valence-corrected chi connectivity index (χ0v) is 14.1. The molecule has 6 heteroatoms. The Hall–Kier alpha value is -3.41. The number of hydrogen-bond donors (Lipinski definition) is 2. The van der Waals surface area contributed by atoms with Crippen LogP contribution in [0.1, 0.15) is 10.4 Å². The van der Waals surface area contributed by atoms with Crippen LogP contribution in [-0.4, -0.2) is 30.0 Å². The maximum absolute atomic E-state index is 12.3. The van der Waals surface area contributed by atoms with Gasteiger partial charge >= 0.3 is 0 Å². The molecule has 0 aliphatic rings. The molecule has 2 N–H and O–H groups in total. The summed E-state index contributed by atoms with van der Waals surface area (Å²) in [5, 5.41) is 6.04. The summed E-state index contributed by atoms with van der Waals surface area (Å²) in [6, 6.07) is 14.7. The number of hydrogen-bond acceptors (Lipinski definition) is 5. The lowest BCUT2D eigenvalue weighted by atomic mass is 10.2. The first-order valence-corrected chi connectivity index (χ1v) is 7.84. The van der Waals surface area contributed by atoms with Gasteiger partial charge < -0.3 is 15.5 Å². The Morgan fingerprint density at radius 2 is 1.60 bits per heavy atom. The van der Waals surface area contributed by atoms with Gasteiger partial charge in [0.25, 0.3) is 5.91 Å². The first-order valence-electron chi connectivity index (χ1n) is 7.84. The zero-order valence-electron chi connectivity index (χ0n) is 14.1. The summed E-state index contributed by atoms with van der Waals surface area (Å²) in [6.07, 6.45) is 5.16. The van der Waals surface area contributed by atoms with Gasteiger partial charge in [0, 0.05) is 43.4 Å². The van der Waals surface area contributed by atoms with Crippen LogP contribution in [-0.2, 0) is 0 Å². The summed E-state index contributed by atoms with van der Waals surface area (Å²) in [6.45, 7) is 0. The van der Waals surface area contributed by atoms with Crippen LogP contribution >= 0.6 is 0 Å². The zero-order chi connectivity index (χ0) is 17.6. The summed E-state index contributed by atoms with van der Waals surface area (Å²) in [7, 11) is 3.88. The average Bonchev–Trinajstić information content (AvgIpc) is 2.63. The Balaban J connectivity index is 1.64. The molecule has 0 saturated heterocycles. The smallest absolute Gasteiger partial charge is 0.256 e. The first-order chi connectivity index (χ1) is 12.1. The fraction of sp³-hybridized carbons (Fsp3) is 0.105. The van der Waals surface area contributed by atoms with Crippen LogP contribution in [0.2, 0.25) is 0 Å². The first kappa shape index (κ1) is 16.4. The van der Waals surface area contributed by atoms with Crippen molar-refractivity contribution in [3.8, 4) is 0 Å². The molecule has 0 unspecified atom stereocenters. The summed E-state index contributed by atoms with van der Waals surface area (Å²) >= 11 is 0. The highest BCUT2D eigenvalue weighted by molar-refractivity contribution is 6.04. The summed E-state index contributed by atoms with van der Waals surface area (Å²) in [5.41, 5.74) is 3.39. The van der Waals surface area contributed by atoms with E-state index in [-0.39, 0.29) is 5.91 Å². The largest absolute Gasteiger partial charge is 0.376 e. The molecule has 3 aromatic rings. The van der Waals surface area contributed by atoms with Crippen molar-refractivity contribution in [2.24, 2.45) is 0 Å². The number of carbonyl (C=O) groups excluding carboxylic acids is 1. The van der Waals surface area contributed by atoms with Crippen molar-refractivity contribution in [1.82, 2.24) is 9.97 Å². The van der Waals surface area contributed by atoms with Crippen LogP contribution in [0, 0.1) is 0 Å². The predicted octanol–water partition coefficient (Wildman–Crippen LogP) is 3.54. The summed E-state index contributed by atoms with van der Waals surface area (Å²) in [5.74, 6) is 0.329. The number of amides is 1. The van der Waals surface area contributed by atoms with Crippen LogP contribution in [0.3, 0.4) is 0 Å². The molecule has 126 valence electrons. The van der Waals surface area contributed by atoms with Crippen LogP contribution in [0.25, 0.3) is 0 Å². The van der Waals surface area contributed by atoms with Gasteiger partial charge in [-0.25, -0.2) is 4.98 Å². The third-order valence-corrected chi connectivity index (χ3v) is 3.62. The molecular weight excluding hydrogens is 314 g/mol. The lowest BCUT2D eigenvalue weighted by molar-refractivity contribution is 0.102. The fourth-order valence-electron chi connectivity index (χ4n) is 2.22. The van der Waals surface area contributed by atoms with Gasteiger partial charge in [0.05, 0.1) is 11.9 Å². The van der Waals surface area contributed by atoms with Crippen LogP contribution in [0.15, 0.2) is 67.1 Å². The van der Waals surface area contributed by atoms with E-state index in [1.54, 1.807) is 36.8 Å². The Bertz CT molecular complexity index is 830. The number of carbonyl (C=O) groups is 1. The highest BCUT2D eigenvalue weighted by atomic mass is 16.1. The minimum absolute atomic E-state index is 0.194. The number of rotatable bonds is 5. The van der Waals surface area contributed by atoms with E-state index < -0.39 is 0 Å². The van der Waals surface area contributed by atoms with Crippen LogP contribution in [0.5, 0.6) is 0 Å². The highest BCUT2D eigenvalue weighted by Gasteiger charge is 2.07. The van der Waals surface area contributed by atoms with Gasteiger partial charge in [-0.15, -0.1) is 0 Å². The standard InChI is InChI=1S/C19H19N5O/c1-24(2)17-7-8-18(21-13-17)23-19(25)14-3-5-15(6-4-14)22-16-9-11-20-12-10-16/h3-13H,1-2H3,(H,20,22)(H,21,23,25). The van der Waals surface area contributed by atoms with Crippen molar-refractivity contribution in [1.29, 1.82) is 0 Å². The molecule has 0 saturated carbocycles. The molecule has 0 spiro atoms. The molecule has 2 heterocycles. The normalized spacial score (nSPS) is 10.2. The second kappa shape index (κ2) is 7.44. The number of aromatic nitrogens is 2. The topological polar surface area (TPSA) is 70.2 Å². The molecule has 0 aliphatic heterocycles. The van der Waals surface area contributed by atoms with E-state index in [9.17, 15) is 4.79 Å². The highest BCUT2D eigenvalue weighted by Crippen LogP contribution is 2.17. The maximum Gasteiger partial charge on any atom is 0.256 e. The van der Waals surface area contributed by atoms with Crippen molar-refractivity contribution in [3.63, 3.8) is 0 Å². The van der Waals surface area contributed by atoms with Crippen molar-refractivity contribution in [3.05, 3.63) is 72.7 Å². The van der Waals surface area contributed by atoms with E-state index in [4.69, 9.17) is 0 Å². The molecule has 0 fully saturated rings. The number of nitrogens with one attached hydrogen (secondary N) is 2. The van der Waals surface area contributed by atoms with Gasteiger partial charge in [-0.1, -0.05) is 0 Å². The molecule has 1 aromatic carbocycles. The molecule has 6 nitrogen and oxygen atoms in total. The molecule has 0 aliphatic carbocycles. The Labute approximate surface area is 146 Å². The fourth-order valence-corrected chi connectivity index (χ4v) is 2.22. The molecule has 0 atom stereocenters. The third kappa shape index (κ3) is 4.32. The predicted molar refractivity (Wildman–Crippen MR) is 100 cm³/mol.